The maximum atomic E-state index is 12.9. The van der Waals surface area contributed by atoms with Crippen LogP contribution in [0.2, 0.25) is 0 Å². The normalized spacial score (nSPS) is 24.2. The molecule has 1 aliphatic carbocycles. The third-order valence-electron chi connectivity index (χ3n) is 6.89. The number of piperidine rings is 1. The molecule has 164 valence electrons. The van der Waals surface area contributed by atoms with Gasteiger partial charge in [-0.2, -0.15) is 0 Å². The minimum Gasteiger partial charge on any atom is -0.333 e. The molecule has 6 nitrogen and oxygen atoms in total. The SMILES string of the molecule is O=C(c1cccs1)N1CCc2nc([C@@H]3CCCN(C[C@@H]4CC=CCC4)C3)[nH]c(=O)c2C1. The second kappa shape index (κ2) is 9.09. The maximum Gasteiger partial charge on any atom is 0.264 e. The number of aromatic nitrogens is 2. The summed E-state index contributed by atoms with van der Waals surface area (Å²) < 4.78 is 0. The first-order valence-electron chi connectivity index (χ1n) is 11.5. The first kappa shape index (κ1) is 20.6. The highest BCUT2D eigenvalue weighted by Gasteiger charge is 2.29. The highest BCUT2D eigenvalue weighted by atomic mass is 32.1. The summed E-state index contributed by atoms with van der Waals surface area (Å²) in [6.45, 7) is 4.23. The fraction of sp³-hybridized carbons (Fsp3) is 0.542. The summed E-state index contributed by atoms with van der Waals surface area (Å²) in [5, 5.41) is 1.91. The highest BCUT2D eigenvalue weighted by molar-refractivity contribution is 7.12. The van der Waals surface area contributed by atoms with E-state index in [0.29, 0.717) is 25.1 Å². The zero-order valence-corrected chi connectivity index (χ0v) is 18.7. The number of nitrogens with one attached hydrogen (secondary N) is 1. The Kier molecular flexibility index (Phi) is 6.05. The van der Waals surface area contributed by atoms with Gasteiger partial charge in [-0.25, -0.2) is 4.98 Å². The van der Waals surface area contributed by atoms with Crippen LogP contribution in [0.25, 0.3) is 0 Å². The van der Waals surface area contributed by atoms with Gasteiger partial charge in [0.05, 0.1) is 22.7 Å². The zero-order chi connectivity index (χ0) is 21.2. The Morgan fingerprint density at radius 2 is 2.19 bits per heavy atom. The second-order valence-corrected chi connectivity index (χ2v) is 10.0. The number of amides is 1. The molecule has 2 aromatic heterocycles. The van der Waals surface area contributed by atoms with Crippen molar-refractivity contribution in [1.29, 1.82) is 0 Å². The molecular formula is C24H30N4O2S. The third-order valence-corrected chi connectivity index (χ3v) is 7.75. The minimum absolute atomic E-state index is 0.00427. The molecule has 31 heavy (non-hydrogen) atoms. The Morgan fingerprint density at radius 3 is 3.00 bits per heavy atom. The molecule has 0 saturated carbocycles. The number of fused-ring (bicyclic) bond motifs is 1. The quantitative estimate of drug-likeness (QED) is 0.741. The van der Waals surface area contributed by atoms with E-state index in [4.69, 9.17) is 4.98 Å². The lowest BCUT2D eigenvalue weighted by Gasteiger charge is -2.35. The molecule has 4 heterocycles. The number of carbonyl (C=O) groups is 1. The van der Waals surface area contributed by atoms with Crippen molar-refractivity contribution in [2.75, 3.05) is 26.2 Å². The molecule has 1 fully saturated rings. The van der Waals surface area contributed by atoms with Gasteiger partial charge in [-0.1, -0.05) is 18.2 Å². The average molecular weight is 439 g/mol. The van der Waals surface area contributed by atoms with Crippen molar-refractivity contribution in [2.45, 2.75) is 51.0 Å². The molecule has 0 unspecified atom stereocenters. The van der Waals surface area contributed by atoms with Crippen LogP contribution in [0, 0.1) is 5.92 Å². The number of H-pyrrole nitrogens is 1. The van der Waals surface area contributed by atoms with Crippen LogP contribution in [0.5, 0.6) is 0 Å². The lowest BCUT2D eigenvalue weighted by Crippen LogP contribution is -2.41. The van der Waals surface area contributed by atoms with E-state index in [2.05, 4.69) is 22.0 Å². The summed E-state index contributed by atoms with van der Waals surface area (Å²) >= 11 is 1.44. The summed E-state index contributed by atoms with van der Waals surface area (Å²) in [5.41, 5.74) is 1.46. The van der Waals surface area contributed by atoms with Gasteiger partial charge in [0.1, 0.15) is 5.82 Å². The van der Waals surface area contributed by atoms with Crippen LogP contribution in [0.4, 0.5) is 0 Å². The summed E-state index contributed by atoms with van der Waals surface area (Å²) in [5.74, 6) is 1.89. The molecule has 2 aliphatic heterocycles. The van der Waals surface area contributed by atoms with E-state index in [1.165, 1.54) is 30.6 Å². The molecule has 5 rings (SSSR count). The fourth-order valence-electron chi connectivity index (χ4n) is 5.20. The van der Waals surface area contributed by atoms with Crippen molar-refractivity contribution in [3.05, 3.63) is 62.0 Å². The molecule has 1 N–H and O–H groups in total. The monoisotopic (exact) mass is 438 g/mol. The maximum absolute atomic E-state index is 12.9. The van der Waals surface area contributed by atoms with Gasteiger partial charge in [0, 0.05) is 32.0 Å². The Labute approximate surface area is 187 Å². The number of nitrogens with zero attached hydrogens (tertiary/aromatic N) is 3. The molecule has 2 atom stereocenters. The van der Waals surface area contributed by atoms with Crippen molar-refractivity contribution in [3.8, 4) is 0 Å². The van der Waals surface area contributed by atoms with E-state index in [9.17, 15) is 9.59 Å². The van der Waals surface area contributed by atoms with Gasteiger partial charge in [-0.3, -0.25) is 9.59 Å². The lowest BCUT2D eigenvalue weighted by molar-refractivity contribution is 0.0737. The summed E-state index contributed by atoms with van der Waals surface area (Å²) in [7, 11) is 0. The fourth-order valence-corrected chi connectivity index (χ4v) is 5.89. The molecule has 0 radical (unpaired) electrons. The Hall–Kier alpha value is -2.25. The molecule has 7 heteroatoms. The van der Waals surface area contributed by atoms with Crippen LogP contribution in [-0.2, 0) is 13.0 Å². The average Bonchev–Trinajstić information content (AvgIpc) is 3.34. The van der Waals surface area contributed by atoms with Crippen LogP contribution < -0.4 is 5.56 Å². The van der Waals surface area contributed by atoms with Crippen LogP contribution >= 0.6 is 11.3 Å². The van der Waals surface area contributed by atoms with Gasteiger partial charge in [0.2, 0.25) is 0 Å². The van der Waals surface area contributed by atoms with Crippen molar-refractivity contribution < 1.29 is 4.79 Å². The number of thiophene rings is 1. The Morgan fingerprint density at radius 1 is 1.26 bits per heavy atom. The number of likely N-dealkylation sites (tertiary alicyclic amines) is 1. The van der Waals surface area contributed by atoms with Crippen molar-refractivity contribution in [2.24, 2.45) is 5.92 Å². The molecule has 1 amide bonds. The van der Waals surface area contributed by atoms with Crippen molar-refractivity contribution in [3.63, 3.8) is 0 Å². The first-order valence-corrected chi connectivity index (χ1v) is 12.4. The number of hydrogen-bond donors (Lipinski definition) is 1. The van der Waals surface area contributed by atoms with E-state index in [1.54, 1.807) is 4.90 Å². The number of rotatable bonds is 4. The van der Waals surface area contributed by atoms with Crippen LogP contribution in [0.3, 0.4) is 0 Å². The highest BCUT2D eigenvalue weighted by Crippen LogP contribution is 2.28. The standard InChI is InChI=1S/C24H30N4O2S/c29-23-19-16-28(24(30)21-9-5-13-31-21)12-10-20(19)25-22(26-23)18-8-4-11-27(15-18)14-17-6-2-1-3-7-17/h1-2,5,9,13,17-18H,3-4,6-8,10-12,14-16H2,(H,25,26,29)/t17-,18-/m1/s1. The molecule has 2 aromatic rings. The number of hydrogen-bond acceptors (Lipinski definition) is 5. The third kappa shape index (κ3) is 4.53. The van der Waals surface area contributed by atoms with E-state index in [-0.39, 0.29) is 17.4 Å². The number of carbonyl (C=O) groups excluding carboxylic acids is 1. The smallest absolute Gasteiger partial charge is 0.264 e. The lowest BCUT2D eigenvalue weighted by atomic mass is 9.91. The van der Waals surface area contributed by atoms with Gasteiger partial charge in [0.15, 0.2) is 0 Å². The van der Waals surface area contributed by atoms with Crippen LogP contribution in [-0.4, -0.2) is 51.9 Å². The predicted octanol–water partition coefficient (Wildman–Crippen LogP) is 3.57. The first-order chi connectivity index (χ1) is 15.2. The Bertz CT molecular complexity index is 1010. The van der Waals surface area contributed by atoms with Gasteiger partial charge in [-0.15, -0.1) is 11.3 Å². The van der Waals surface area contributed by atoms with E-state index in [1.807, 2.05) is 17.5 Å². The summed E-state index contributed by atoms with van der Waals surface area (Å²) in [6.07, 6.45) is 11.2. The predicted molar refractivity (Wildman–Crippen MR) is 123 cm³/mol. The topological polar surface area (TPSA) is 69.3 Å². The zero-order valence-electron chi connectivity index (χ0n) is 17.9. The van der Waals surface area contributed by atoms with E-state index in [0.717, 1.165) is 54.8 Å². The minimum atomic E-state index is -0.0711. The summed E-state index contributed by atoms with van der Waals surface area (Å²) in [4.78, 5) is 38.7. The van der Waals surface area contributed by atoms with Gasteiger partial charge >= 0.3 is 0 Å². The molecule has 0 aromatic carbocycles. The largest absolute Gasteiger partial charge is 0.333 e. The van der Waals surface area contributed by atoms with Gasteiger partial charge < -0.3 is 14.8 Å². The van der Waals surface area contributed by atoms with Crippen molar-refractivity contribution >= 4 is 17.2 Å². The molecule has 1 saturated heterocycles. The van der Waals surface area contributed by atoms with Crippen LogP contribution in [0.1, 0.15) is 64.8 Å². The number of aromatic amines is 1. The molecule has 0 spiro atoms. The van der Waals surface area contributed by atoms with Gasteiger partial charge in [0.25, 0.3) is 11.5 Å². The summed E-state index contributed by atoms with van der Waals surface area (Å²) in [6, 6.07) is 3.72. The molecule has 3 aliphatic rings. The second-order valence-electron chi connectivity index (χ2n) is 9.08. The Balaban J connectivity index is 1.28. The van der Waals surface area contributed by atoms with Crippen LogP contribution in [0.15, 0.2) is 34.5 Å². The van der Waals surface area contributed by atoms with Gasteiger partial charge in [-0.05, 0) is 56.0 Å². The van der Waals surface area contributed by atoms with E-state index >= 15 is 0 Å². The molecule has 0 bridgehead atoms. The van der Waals surface area contributed by atoms with E-state index < -0.39 is 0 Å². The number of allylic oxidation sites excluding steroid dienone is 2. The van der Waals surface area contributed by atoms with Crippen molar-refractivity contribution in [1.82, 2.24) is 19.8 Å². The molecular weight excluding hydrogens is 408 g/mol.